The molecule has 0 aliphatic carbocycles. The van der Waals surface area contributed by atoms with E-state index in [4.69, 9.17) is 16.3 Å². The van der Waals surface area contributed by atoms with Crippen LogP contribution >= 0.6 is 35.6 Å². The van der Waals surface area contributed by atoms with Crippen LogP contribution in [0.2, 0.25) is 5.02 Å². The molecule has 0 bridgehead atoms. The van der Waals surface area contributed by atoms with E-state index in [9.17, 15) is 8.78 Å². The zero-order chi connectivity index (χ0) is 20.8. The monoisotopic (exact) mass is 556 g/mol. The van der Waals surface area contributed by atoms with Gasteiger partial charge in [0, 0.05) is 43.8 Å². The number of methoxy groups -OCH3 is 1. The first-order valence-corrected chi connectivity index (χ1v) is 9.48. The lowest BCUT2D eigenvalue weighted by atomic mass is 10.1. The Kier molecular flexibility index (Phi) is 9.49. The van der Waals surface area contributed by atoms with Gasteiger partial charge in [-0.2, -0.15) is 13.9 Å². The van der Waals surface area contributed by atoms with Crippen molar-refractivity contribution < 1.29 is 18.3 Å². The highest BCUT2D eigenvalue weighted by Gasteiger charge is 2.22. The van der Waals surface area contributed by atoms with E-state index in [-0.39, 0.29) is 42.3 Å². The quantitative estimate of drug-likeness (QED) is 0.310. The van der Waals surface area contributed by atoms with Gasteiger partial charge >= 0.3 is 6.61 Å². The number of ether oxygens (including phenoxy) is 2. The molecular weight excluding hydrogens is 533 g/mol. The van der Waals surface area contributed by atoms with Gasteiger partial charge < -0.3 is 20.1 Å². The molecule has 30 heavy (non-hydrogen) atoms. The Morgan fingerprint density at radius 1 is 1.43 bits per heavy atom. The number of hydrogen-bond donors (Lipinski definition) is 2. The highest BCUT2D eigenvalue weighted by Crippen LogP contribution is 2.24. The zero-order valence-corrected chi connectivity index (χ0v) is 19.7. The van der Waals surface area contributed by atoms with E-state index >= 15 is 0 Å². The van der Waals surface area contributed by atoms with Crippen LogP contribution in [0.1, 0.15) is 23.6 Å². The summed E-state index contributed by atoms with van der Waals surface area (Å²) in [7, 11) is 3.25. The Hall–Kier alpha value is -1.73. The Morgan fingerprint density at radius 2 is 2.23 bits per heavy atom. The minimum Gasteiger partial charge on any atom is -0.434 e. The summed E-state index contributed by atoms with van der Waals surface area (Å²) in [6.45, 7) is -1.66. The van der Waals surface area contributed by atoms with E-state index in [1.54, 1.807) is 20.2 Å². The van der Waals surface area contributed by atoms with Crippen molar-refractivity contribution in [2.45, 2.75) is 45.2 Å². The van der Waals surface area contributed by atoms with Gasteiger partial charge in [-0.25, -0.2) is 9.67 Å². The molecule has 2 N–H and O–H groups in total. The summed E-state index contributed by atoms with van der Waals surface area (Å²) >= 11 is 5.99. The summed E-state index contributed by atoms with van der Waals surface area (Å²) in [6, 6.07) is 4.61. The first kappa shape index (κ1) is 24.5. The van der Waals surface area contributed by atoms with Crippen LogP contribution in [0.4, 0.5) is 8.78 Å². The molecule has 0 fully saturated rings. The summed E-state index contributed by atoms with van der Waals surface area (Å²) < 4.78 is 36.7. The predicted molar refractivity (Wildman–Crippen MR) is 120 cm³/mol. The zero-order valence-electron chi connectivity index (χ0n) is 16.6. The lowest BCUT2D eigenvalue weighted by Crippen LogP contribution is -2.46. The number of nitrogens with zero attached hydrogens (tertiary/aromatic N) is 4. The number of nitrogens with one attached hydrogen (secondary N) is 2. The average Bonchev–Trinajstić information content (AvgIpc) is 3.08. The molecule has 1 aromatic heterocycles. The molecule has 1 aromatic carbocycles. The molecule has 0 radical (unpaired) electrons. The van der Waals surface area contributed by atoms with Gasteiger partial charge in [-0.1, -0.05) is 11.6 Å². The van der Waals surface area contributed by atoms with Crippen molar-refractivity contribution >= 4 is 41.5 Å². The van der Waals surface area contributed by atoms with Gasteiger partial charge in [-0.05, 0) is 24.6 Å². The van der Waals surface area contributed by atoms with Crippen LogP contribution in [0, 0.1) is 0 Å². The highest BCUT2D eigenvalue weighted by molar-refractivity contribution is 14.0. The molecule has 0 amide bonds. The maximum atomic E-state index is 12.6. The van der Waals surface area contributed by atoms with E-state index in [2.05, 4.69) is 30.4 Å². The van der Waals surface area contributed by atoms with Crippen molar-refractivity contribution in [3.05, 3.63) is 40.4 Å². The number of fused-ring (bicyclic) bond motifs is 1. The van der Waals surface area contributed by atoms with Crippen LogP contribution in [0.5, 0.6) is 5.75 Å². The molecule has 2 aromatic rings. The van der Waals surface area contributed by atoms with Crippen LogP contribution < -0.4 is 15.4 Å². The van der Waals surface area contributed by atoms with Crippen molar-refractivity contribution in [1.29, 1.82) is 0 Å². The molecule has 1 aliphatic rings. The third-order valence-electron chi connectivity index (χ3n) is 4.42. The molecule has 12 heteroatoms. The van der Waals surface area contributed by atoms with Gasteiger partial charge in [0.1, 0.15) is 18.2 Å². The normalized spacial score (nSPS) is 16.1. The molecule has 2 heterocycles. The first-order chi connectivity index (χ1) is 14.0. The largest absolute Gasteiger partial charge is 0.434 e. The summed E-state index contributed by atoms with van der Waals surface area (Å²) in [5.41, 5.74) is 0.507. The van der Waals surface area contributed by atoms with Crippen molar-refractivity contribution in [1.82, 2.24) is 25.4 Å². The van der Waals surface area contributed by atoms with E-state index in [0.717, 1.165) is 18.7 Å². The second-order valence-electron chi connectivity index (χ2n) is 6.50. The Labute approximate surface area is 195 Å². The summed E-state index contributed by atoms with van der Waals surface area (Å²) in [4.78, 5) is 8.67. The summed E-state index contributed by atoms with van der Waals surface area (Å²) in [5.74, 6) is 2.21. The molecule has 1 atom stereocenters. The molecule has 0 saturated heterocycles. The second kappa shape index (κ2) is 11.6. The van der Waals surface area contributed by atoms with Gasteiger partial charge in [-0.3, -0.25) is 4.99 Å². The number of aromatic nitrogens is 3. The van der Waals surface area contributed by atoms with Crippen molar-refractivity contribution in [2.24, 2.45) is 4.99 Å². The van der Waals surface area contributed by atoms with Gasteiger partial charge in [0.15, 0.2) is 11.8 Å². The smallest absolute Gasteiger partial charge is 0.387 e. The fourth-order valence-electron chi connectivity index (χ4n) is 3.13. The third kappa shape index (κ3) is 6.64. The number of aliphatic imine (C=N–C) groups is 1. The predicted octanol–water partition coefficient (Wildman–Crippen LogP) is 2.98. The molecule has 166 valence electrons. The molecule has 3 rings (SSSR count). The van der Waals surface area contributed by atoms with E-state index < -0.39 is 6.61 Å². The number of hydrogen-bond acceptors (Lipinski definition) is 5. The number of aryl methyl sites for hydroxylation is 1. The summed E-state index contributed by atoms with van der Waals surface area (Å²) in [5, 5.41) is 11.3. The van der Waals surface area contributed by atoms with Gasteiger partial charge in [0.05, 0.1) is 6.54 Å². The molecule has 0 saturated carbocycles. The van der Waals surface area contributed by atoms with E-state index in [1.807, 2.05) is 4.68 Å². The first-order valence-electron chi connectivity index (χ1n) is 9.10. The summed E-state index contributed by atoms with van der Waals surface area (Å²) in [6.07, 6.45) is 1.65. The highest BCUT2D eigenvalue weighted by atomic mass is 127. The van der Waals surface area contributed by atoms with Crippen molar-refractivity contribution in [3.63, 3.8) is 0 Å². The fraction of sp³-hybridized carbons (Fsp3) is 0.500. The number of guanidine groups is 1. The molecule has 0 spiro atoms. The Morgan fingerprint density at radius 3 is 2.93 bits per heavy atom. The molecule has 1 unspecified atom stereocenters. The minimum absolute atomic E-state index is 0. The van der Waals surface area contributed by atoms with E-state index in [1.165, 1.54) is 12.1 Å². The van der Waals surface area contributed by atoms with Gasteiger partial charge in [-0.15, -0.1) is 24.0 Å². The second-order valence-corrected chi connectivity index (χ2v) is 6.93. The van der Waals surface area contributed by atoms with Crippen molar-refractivity contribution in [3.8, 4) is 5.75 Å². The van der Waals surface area contributed by atoms with Crippen LogP contribution in [0.3, 0.4) is 0 Å². The van der Waals surface area contributed by atoms with Crippen LogP contribution in [0.25, 0.3) is 0 Å². The maximum Gasteiger partial charge on any atom is 0.387 e. The van der Waals surface area contributed by atoms with E-state index in [0.29, 0.717) is 35.5 Å². The lowest BCUT2D eigenvalue weighted by molar-refractivity contribution is -0.0504. The molecule has 8 nitrogen and oxygen atoms in total. The number of alkyl halides is 2. The number of benzene rings is 1. The topological polar surface area (TPSA) is 85.6 Å². The SMILES string of the molecule is CN=C(NCc1cc(Cl)ccc1OC(F)F)NC1CCc2nc(COC)nn2C1.I. The number of halogens is 4. The van der Waals surface area contributed by atoms with Crippen LogP contribution in [-0.2, 0) is 30.9 Å². The number of rotatable bonds is 7. The Balaban J connectivity index is 0.00000320. The molecular formula is C18H24ClF2IN6O2. The molecule has 1 aliphatic heterocycles. The Bertz CT molecular complexity index is 867. The van der Waals surface area contributed by atoms with Gasteiger partial charge in [0.25, 0.3) is 0 Å². The standard InChI is InChI=1S/C18H23ClF2N6O2.HI/c1-22-18(23-8-11-7-12(19)3-5-14(11)29-17(20)21)24-13-4-6-16-25-15(10-28-2)26-27(16)9-13;/h3,5,7,13,17H,4,6,8-10H2,1-2H3,(H2,22,23,24);1H. The average molecular weight is 557 g/mol. The van der Waals surface area contributed by atoms with Crippen molar-refractivity contribution in [2.75, 3.05) is 14.2 Å². The maximum absolute atomic E-state index is 12.6. The van der Waals surface area contributed by atoms with Crippen LogP contribution in [-0.4, -0.2) is 47.5 Å². The minimum atomic E-state index is -2.91. The van der Waals surface area contributed by atoms with Crippen LogP contribution in [0.15, 0.2) is 23.2 Å². The fourth-order valence-corrected chi connectivity index (χ4v) is 3.33. The lowest BCUT2D eigenvalue weighted by Gasteiger charge is -2.25. The van der Waals surface area contributed by atoms with Gasteiger partial charge in [0.2, 0.25) is 0 Å². The third-order valence-corrected chi connectivity index (χ3v) is 4.66.